The molecule has 0 atom stereocenters. The first-order chi connectivity index (χ1) is 14.5. The predicted octanol–water partition coefficient (Wildman–Crippen LogP) is 4.03. The highest BCUT2D eigenvalue weighted by atomic mass is 32.1. The number of para-hydroxylation sites is 1. The number of carbonyl (C=O) groups excluding carboxylic acids is 1. The van der Waals surface area contributed by atoms with Gasteiger partial charge in [-0.3, -0.25) is 9.59 Å². The summed E-state index contributed by atoms with van der Waals surface area (Å²) in [6.45, 7) is 4.15. The number of hydrogen-bond donors (Lipinski definition) is 1. The smallest absolute Gasteiger partial charge is 0.258 e. The SMILES string of the molecule is CC(C)N(Cc1nc2ccccc2c(=O)[nH]1)C(=O)Cc1csc(-c2ccccc2)n1. The van der Waals surface area contributed by atoms with Crippen molar-refractivity contribution in [1.82, 2.24) is 19.9 Å². The van der Waals surface area contributed by atoms with Crippen molar-refractivity contribution >= 4 is 28.1 Å². The molecule has 0 aliphatic carbocycles. The number of nitrogens with one attached hydrogen (secondary N) is 1. The Labute approximate surface area is 178 Å². The van der Waals surface area contributed by atoms with E-state index in [0.29, 0.717) is 16.7 Å². The van der Waals surface area contributed by atoms with Gasteiger partial charge in [0.05, 0.1) is 29.6 Å². The molecular formula is C23H22N4O2S. The van der Waals surface area contributed by atoms with Gasteiger partial charge in [0, 0.05) is 17.0 Å². The number of thiazole rings is 1. The van der Waals surface area contributed by atoms with Crippen molar-refractivity contribution < 1.29 is 4.79 Å². The molecule has 2 aromatic carbocycles. The largest absolute Gasteiger partial charge is 0.332 e. The number of hydrogen-bond acceptors (Lipinski definition) is 5. The number of amides is 1. The zero-order valence-corrected chi connectivity index (χ0v) is 17.6. The molecule has 0 unspecified atom stereocenters. The predicted molar refractivity (Wildman–Crippen MR) is 119 cm³/mol. The Kier molecular flexibility index (Phi) is 5.72. The summed E-state index contributed by atoms with van der Waals surface area (Å²) in [5.41, 5.74) is 2.22. The van der Waals surface area contributed by atoms with Gasteiger partial charge in [0.2, 0.25) is 5.91 Å². The van der Waals surface area contributed by atoms with Gasteiger partial charge in [0.25, 0.3) is 5.56 Å². The molecule has 0 saturated heterocycles. The van der Waals surface area contributed by atoms with Gasteiger partial charge in [-0.25, -0.2) is 9.97 Å². The number of H-pyrrole nitrogens is 1. The zero-order valence-electron chi connectivity index (χ0n) is 16.8. The number of aromatic amines is 1. The lowest BCUT2D eigenvalue weighted by molar-refractivity contribution is -0.133. The Morgan fingerprint density at radius 3 is 2.57 bits per heavy atom. The fourth-order valence-corrected chi connectivity index (χ4v) is 4.11. The second kappa shape index (κ2) is 8.59. The third kappa shape index (κ3) is 4.31. The van der Waals surface area contributed by atoms with Gasteiger partial charge >= 0.3 is 0 Å². The lowest BCUT2D eigenvalue weighted by Gasteiger charge is -2.26. The van der Waals surface area contributed by atoms with E-state index in [9.17, 15) is 9.59 Å². The van der Waals surface area contributed by atoms with Crippen LogP contribution >= 0.6 is 11.3 Å². The minimum Gasteiger partial charge on any atom is -0.332 e. The van der Waals surface area contributed by atoms with E-state index < -0.39 is 0 Å². The van der Waals surface area contributed by atoms with E-state index in [4.69, 9.17) is 0 Å². The van der Waals surface area contributed by atoms with Crippen LogP contribution < -0.4 is 5.56 Å². The summed E-state index contributed by atoms with van der Waals surface area (Å²) in [4.78, 5) is 39.0. The Hall–Kier alpha value is -3.32. The number of rotatable bonds is 6. The fraction of sp³-hybridized carbons (Fsp3) is 0.217. The summed E-state index contributed by atoms with van der Waals surface area (Å²) in [7, 11) is 0. The number of nitrogens with zero attached hydrogens (tertiary/aromatic N) is 3. The van der Waals surface area contributed by atoms with Gasteiger partial charge in [-0.05, 0) is 26.0 Å². The van der Waals surface area contributed by atoms with Crippen LogP contribution in [0.2, 0.25) is 0 Å². The Morgan fingerprint density at radius 1 is 1.07 bits per heavy atom. The van der Waals surface area contributed by atoms with Crippen LogP contribution in [0, 0.1) is 0 Å². The highest BCUT2D eigenvalue weighted by Crippen LogP contribution is 2.24. The van der Waals surface area contributed by atoms with Crippen LogP contribution in [0.5, 0.6) is 0 Å². The average molecular weight is 419 g/mol. The maximum atomic E-state index is 13.0. The molecule has 1 N–H and O–H groups in total. The van der Waals surface area contributed by atoms with Gasteiger partial charge in [-0.2, -0.15) is 0 Å². The van der Waals surface area contributed by atoms with Gasteiger partial charge < -0.3 is 9.88 Å². The van der Waals surface area contributed by atoms with Crippen LogP contribution in [0.25, 0.3) is 21.5 Å². The van der Waals surface area contributed by atoms with Crippen molar-refractivity contribution in [3.05, 3.63) is 81.8 Å². The topological polar surface area (TPSA) is 79.0 Å². The summed E-state index contributed by atoms with van der Waals surface area (Å²) >= 11 is 1.53. The molecule has 7 heteroatoms. The molecule has 4 rings (SSSR count). The van der Waals surface area contributed by atoms with Gasteiger partial charge in [0.15, 0.2) is 0 Å². The van der Waals surface area contributed by atoms with Crippen LogP contribution in [0.4, 0.5) is 0 Å². The maximum absolute atomic E-state index is 13.0. The molecule has 2 heterocycles. The third-order valence-corrected chi connectivity index (χ3v) is 5.77. The first kappa shape index (κ1) is 20.0. The molecule has 0 fully saturated rings. The van der Waals surface area contributed by atoms with Crippen molar-refractivity contribution in [1.29, 1.82) is 0 Å². The van der Waals surface area contributed by atoms with E-state index in [-0.39, 0.29) is 30.5 Å². The number of aromatic nitrogens is 3. The van der Waals surface area contributed by atoms with Gasteiger partial charge in [0.1, 0.15) is 10.8 Å². The molecule has 6 nitrogen and oxygen atoms in total. The molecule has 0 bridgehead atoms. The van der Waals surface area contributed by atoms with E-state index in [1.807, 2.05) is 55.6 Å². The maximum Gasteiger partial charge on any atom is 0.258 e. The second-order valence-electron chi connectivity index (χ2n) is 7.33. The molecule has 0 aliphatic heterocycles. The Balaban J connectivity index is 1.53. The van der Waals surface area contributed by atoms with Gasteiger partial charge in [-0.1, -0.05) is 42.5 Å². The summed E-state index contributed by atoms with van der Waals surface area (Å²) < 4.78 is 0. The third-order valence-electron chi connectivity index (χ3n) is 4.83. The van der Waals surface area contributed by atoms with Crippen LogP contribution in [-0.2, 0) is 17.8 Å². The first-order valence-electron chi connectivity index (χ1n) is 9.78. The number of benzene rings is 2. The monoisotopic (exact) mass is 418 g/mol. The molecule has 0 radical (unpaired) electrons. The van der Waals surface area contributed by atoms with E-state index in [0.717, 1.165) is 16.3 Å². The van der Waals surface area contributed by atoms with Crippen LogP contribution in [-0.4, -0.2) is 31.8 Å². The lowest BCUT2D eigenvalue weighted by Crippen LogP contribution is -2.38. The summed E-state index contributed by atoms with van der Waals surface area (Å²) in [6, 6.07) is 17.1. The summed E-state index contributed by atoms with van der Waals surface area (Å²) in [6.07, 6.45) is 0.208. The normalized spacial score (nSPS) is 11.2. The van der Waals surface area contributed by atoms with E-state index in [2.05, 4.69) is 15.0 Å². The zero-order chi connectivity index (χ0) is 21.1. The van der Waals surface area contributed by atoms with Crippen molar-refractivity contribution in [3.63, 3.8) is 0 Å². The minimum atomic E-state index is -0.196. The van der Waals surface area contributed by atoms with E-state index in [1.165, 1.54) is 11.3 Å². The molecule has 0 spiro atoms. The van der Waals surface area contributed by atoms with Crippen LogP contribution in [0.15, 0.2) is 64.8 Å². The molecule has 152 valence electrons. The number of carbonyl (C=O) groups is 1. The quantitative estimate of drug-likeness (QED) is 0.513. The van der Waals surface area contributed by atoms with Gasteiger partial charge in [-0.15, -0.1) is 11.3 Å². The standard InChI is InChI=1S/C23H22N4O2S/c1-15(2)27(13-20-25-19-11-7-6-10-18(19)22(29)26-20)21(28)12-17-14-30-23(24-17)16-8-4-3-5-9-16/h3-11,14-15H,12-13H2,1-2H3,(H,25,26,29). The molecular weight excluding hydrogens is 396 g/mol. The Bertz CT molecular complexity index is 1230. The first-order valence-corrected chi connectivity index (χ1v) is 10.7. The van der Waals surface area contributed by atoms with E-state index in [1.54, 1.807) is 23.1 Å². The lowest BCUT2D eigenvalue weighted by atomic mass is 10.2. The summed E-state index contributed by atoms with van der Waals surface area (Å²) in [5.74, 6) is 0.426. The number of fused-ring (bicyclic) bond motifs is 1. The minimum absolute atomic E-state index is 0.0403. The molecule has 30 heavy (non-hydrogen) atoms. The molecule has 0 aliphatic rings. The molecule has 0 saturated carbocycles. The van der Waals surface area contributed by atoms with Crippen LogP contribution in [0.3, 0.4) is 0 Å². The van der Waals surface area contributed by atoms with Crippen molar-refractivity contribution in [2.45, 2.75) is 32.9 Å². The fourth-order valence-electron chi connectivity index (χ4n) is 3.29. The summed E-state index contributed by atoms with van der Waals surface area (Å²) in [5, 5.41) is 3.36. The van der Waals surface area contributed by atoms with Crippen molar-refractivity contribution in [2.24, 2.45) is 0 Å². The Morgan fingerprint density at radius 2 is 1.80 bits per heavy atom. The average Bonchev–Trinajstić information content (AvgIpc) is 3.21. The second-order valence-corrected chi connectivity index (χ2v) is 8.19. The molecule has 2 aromatic heterocycles. The van der Waals surface area contributed by atoms with Crippen molar-refractivity contribution in [2.75, 3.05) is 0 Å². The highest BCUT2D eigenvalue weighted by molar-refractivity contribution is 7.13. The molecule has 1 amide bonds. The molecule has 4 aromatic rings. The van der Waals surface area contributed by atoms with E-state index >= 15 is 0 Å². The highest BCUT2D eigenvalue weighted by Gasteiger charge is 2.20. The van der Waals surface area contributed by atoms with Crippen molar-refractivity contribution in [3.8, 4) is 10.6 Å². The van der Waals surface area contributed by atoms with Crippen LogP contribution in [0.1, 0.15) is 25.4 Å².